The summed E-state index contributed by atoms with van der Waals surface area (Å²) in [5, 5.41) is 0. The number of hydrogen-bond donors (Lipinski definition) is 0. The van der Waals surface area contributed by atoms with Crippen molar-refractivity contribution in [2.45, 2.75) is 13.1 Å². The number of hydrogen-bond acceptors (Lipinski definition) is 0. The molecule has 0 bridgehead atoms. The van der Waals surface area contributed by atoms with Gasteiger partial charge in [0, 0.05) is 0 Å². The molecule has 0 aromatic heterocycles. The maximum Gasteiger partial charge on any atom is 0.416 e. The highest BCUT2D eigenvalue weighted by Gasteiger charge is 2.30. The van der Waals surface area contributed by atoms with Crippen molar-refractivity contribution in [3.63, 3.8) is 0 Å². The van der Waals surface area contributed by atoms with Gasteiger partial charge in [-0.3, -0.25) is 0 Å². The van der Waals surface area contributed by atoms with Crippen molar-refractivity contribution in [3.05, 3.63) is 65.7 Å². The zero-order valence-corrected chi connectivity index (χ0v) is 11.0. The first kappa shape index (κ1) is 14.4. The third-order valence-electron chi connectivity index (χ3n) is 3.10. The summed E-state index contributed by atoms with van der Waals surface area (Å²) >= 11 is 0. The number of benzene rings is 2. The van der Waals surface area contributed by atoms with Crippen LogP contribution >= 0.6 is 0 Å². The standard InChI is InChI=1S/C16H13BF3/c1-3-12-5-8-14(9-6-12)17-15-10-13(16(18,19)20)7-4-11(15)2/h3-10H,1H2,2H3. The minimum Gasteiger partial charge on any atom is -0.166 e. The van der Waals surface area contributed by atoms with Gasteiger partial charge in [0.15, 0.2) is 7.28 Å². The average Bonchev–Trinajstić information content (AvgIpc) is 2.41. The maximum atomic E-state index is 12.7. The van der Waals surface area contributed by atoms with E-state index in [1.165, 1.54) is 12.1 Å². The summed E-state index contributed by atoms with van der Waals surface area (Å²) in [6.45, 7) is 5.46. The molecule has 2 aromatic rings. The summed E-state index contributed by atoms with van der Waals surface area (Å²) < 4.78 is 38.1. The molecule has 0 atom stereocenters. The smallest absolute Gasteiger partial charge is 0.166 e. The average molecular weight is 273 g/mol. The molecule has 0 N–H and O–H groups in total. The van der Waals surface area contributed by atoms with E-state index in [-0.39, 0.29) is 0 Å². The Kier molecular flexibility index (Phi) is 4.02. The fraction of sp³-hybridized carbons (Fsp3) is 0.125. The van der Waals surface area contributed by atoms with E-state index in [2.05, 4.69) is 6.58 Å². The van der Waals surface area contributed by atoms with Crippen molar-refractivity contribution < 1.29 is 13.2 Å². The van der Waals surface area contributed by atoms with Gasteiger partial charge in [-0.25, -0.2) is 0 Å². The summed E-state index contributed by atoms with van der Waals surface area (Å²) in [4.78, 5) is 0. The largest absolute Gasteiger partial charge is 0.416 e. The van der Waals surface area contributed by atoms with E-state index in [1.54, 1.807) is 20.3 Å². The van der Waals surface area contributed by atoms with Gasteiger partial charge in [0.1, 0.15) is 0 Å². The first-order chi connectivity index (χ1) is 9.40. The monoisotopic (exact) mass is 273 g/mol. The van der Waals surface area contributed by atoms with E-state index < -0.39 is 11.7 Å². The lowest BCUT2D eigenvalue weighted by Gasteiger charge is -2.11. The first-order valence-electron chi connectivity index (χ1n) is 6.15. The van der Waals surface area contributed by atoms with E-state index >= 15 is 0 Å². The fourth-order valence-electron chi connectivity index (χ4n) is 1.88. The summed E-state index contributed by atoms with van der Waals surface area (Å²) in [6, 6.07) is 11.2. The molecular formula is C16H13BF3. The van der Waals surface area contributed by atoms with Crippen molar-refractivity contribution in [1.82, 2.24) is 0 Å². The van der Waals surface area contributed by atoms with Gasteiger partial charge in [0.2, 0.25) is 0 Å². The van der Waals surface area contributed by atoms with Crippen LogP contribution in [0.15, 0.2) is 49.0 Å². The summed E-state index contributed by atoms with van der Waals surface area (Å²) in [5.74, 6) is 0. The van der Waals surface area contributed by atoms with E-state index in [1.807, 2.05) is 24.3 Å². The molecule has 0 aliphatic heterocycles. The molecule has 0 heterocycles. The topological polar surface area (TPSA) is 0 Å². The van der Waals surface area contributed by atoms with Crippen LogP contribution in [0.25, 0.3) is 6.08 Å². The lowest BCUT2D eigenvalue weighted by atomic mass is 9.62. The highest BCUT2D eigenvalue weighted by molar-refractivity contribution is 6.67. The zero-order valence-electron chi connectivity index (χ0n) is 11.0. The minimum absolute atomic E-state index is 0.575. The molecule has 0 unspecified atom stereocenters. The van der Waals surface area contributed by atoms with Crippen LogP contribution in [-0.2, 0) is 6.18 Å². The van der Waals surface area contributed by atoms with Crippen molar-refractivity contribution in [2.24, 2.45) is 0 Å². The van der Waals surface area contributed by atoms with Crippen LogP contribution in [0.1, 0.15) is 16.7 Å². The second-order valence-electron chi connectivity index (χ2n) is 4.58. The Morgan fingerprint density at radius 1 is 1.05 bits per heavy atom. The van der Waals surface area contributed by atoms with E-state index in [0.29, 0.717) is 5.46 Å². The molecule has 1 radical (unpaired) electrons. The van der Waals surface area contributed by atoms with Crippen molar-refractivity contribution in [2.75, 3.05) is 0 Å². The Bertz CT molecular complexity index is 613. The first-order valence-corrected chi connectivity index (χ1v) is 6.15. The van der Waals surface area contributed by atoms with Gasteiger partial charge in [-0.15, -0.1) is 0 Å². The van der Waals surface area contributed by atoms with Gasteiger partial charge in [-0.1, -0.05) is 65.5 Å². The molecule has 0 fully saturated rings. The predicted octanol–water partition coefficient (Wildman–Crippen LogP) is 3.31. The van der Waals surface area contributed by atoms with Gasteiger partial charge in [0.05, 0.1) is 5.56 Å². The molecule has 0 amide bonds. The molecule has 2 rings (SSSR count). The summed E-state index contributed by atoms with van der Waals surface area (Å²) in [5.41, 5.74) is 2.59. The van der Waals surface area contributed by atoms with E-state index in [9.17, 15) is 13.2 Å². The Morgan fingerprint density at radius 3 is 2.25 bits per heavy atom. The van der Waals surface area contributed by atoms with Crippen molar-refractivity contribution in [3.8, 4) is 0 Å². The molecule has 0 aliphatic carbocycles. The molecule has 0 aliphatic rings. The normalized spacial score (nSPS) is 11.2. The highest BCUT2D eigenvalue weighted by Crippen LogP contribution is 2.28. The lowest BCUT2D eigenvalue weighted by Crippen LogP contribution is -2.30. The second-order valence-corrected chi connectivity index (χ2v) is 4.58. The van der Waals surface area contributed by atoms with Crippen LogP contribution in [0.2, 0.25) is 0 Å². The Balaban J connectivity index is 2.30. The van der Waals surface area contributed by atoms with Crippen LogP contribution < -0.4 is 10.9 Å². The minimum atomic E-state index is -4.32. The molecule has 0 saturated carbocycles. The summed E-state index contributed by atoms with van der Waals surface area (Å²) in [6.07, 6.45) is -2.59. The molecule has 20 heavy (non-hydrogen) atoms. The molecule has 101 valence electrons. The van der Waals surface area contributed by atoms with Gasteiger partial charge < -0.3 is 0 Å². The van der Waals surface area contributed by atoms with Gasteiger partial charge >= 0.3 is 6.18 Å². The number of rotatable bonds is 3. The third-order valence-corrected chi connectivity index (χ3v) is 3.10. The van der Waals surface area contributed by atoms with Crippen molar-refractivity contribution >= 4 is 24.3 Å². The molecular weight excluding hydrogens is 260 g/mol. The van der Waals surface area contributed by atoms with Crippen LogP contribution in [0.5, 0.6) is 0 Å². The molecule has 0 spiro atoms. The lowest BCUT2D eigenvalue weighted by molar-refractivity contribution is -0.137. The van der Waals surface area contributed by atoms with E-state index in [0.717, 1.165) is 22.7 Å². The van der Waals surface area contributed by atoms with Gasteiger partial charge in [0.25, 0.3) is 0 Å². The van der Waals surface area contributed by atoms with Crippen molar-refractivity contribution in [1.29, 1.82) is 0 Å². The Labute approximate surface area is 117 Å². The van der Waals surface area contributed by atoms with Crippen LogP contribution in [0, 0.1) is 6.92 Å². The van der Waals surface area contributed by atoms with E-state index in [4.69, 9.17) is 0 Å². The highest BCUT2D eigenvalue weighted by atomic mass is 19.4. The zero-order chi connectivity index (χ0) is 14.8. The molecule has 2 aromatic carbocycles. The Hall–Kier alpha value is -1.97. The van der Waals surface area contributed by atoms with Crippen LogP contribution in [-0.4, -0.2) is 7.28 Å². The molecule has 0 saturated heterocycles. The van der Waals surface area contributed by atoms with Gasteiger partial charge in [-0.05, 0) is 18.6 Å². The molecule has 0 nitrogen and oxygen atoms in total. The number of aryl methyl sites for hydroxylation is 1. The summed E-state index contributed by atoms with van der Waals surface area (Å²) in [7, 11) is 1.75. The fourth-order valence-corrected chi connectivity index (χ4v) is 1.88. The number of halogens is 3. The SMILES string of the molecule is C=Cc1ccc([B]c2cc(C(F)(F)F)ccc2C)cc1. The van der Waals surface area contributed by atoms with Crippen LogP contribution in [0.4, 0.5) is 13.2 Å². The van der Waals surface area contributed by atoms with Crippen LogP contribution in [0.3, 0.4) is 0 Å². The number of alkyl halides is 3. The predicted molar refractivity (Wildman–Crippen MR) is 77.7 cm³/mol. The Morgan fingerprint density at radius 2 is 1.70 bits per heavy atom. The quantitative estimate of drug-likeness (QED) is 0.752. The van der Waals surface area contributed by atoms with Gasteiger partial charge in [-0.2, -0.15) is 13.2 Å². The molecule has 4 heteroatoms. The second kappa shape index (κ2) is 5.57. The maximum absolute atomic E-state index is 12.7. The third kappa shape index (κ3) is 3.32.